The molecule has 1 fully saturated rings. The summed E-state index contributed by atoms with van der Waals surface area (Å²) in [5.74, 6) is 0.0543. The van der Waals surface area contributed by atoms with E-state index in [0.29, 0.717) is 0 Å². The molecule has 0 saturated carbocycles. The summed E-state index contributed by atoms with van der Waals surface area (Å²) in [6, 6.07) is -0.0440. The van der Waals surface area contributed by atoms with Gasteiger partial charge in [0.05, 0.1) is 0 Å². The minimum absolute atomic E-state index is 0.0440. The molecule has 10 heavy (non-hydrogen) atoms. The molecule has 1 saturated heterocycles. The molecule has 0 aromatic carbocycles. The van der Waals surface area contributed by atoms with Gasteiger partial charge in [-0.15, -0.1) is 0 Å². The van der Waals surface area contributed by atoms with E-state index in [4.69, 9.17) is 0 Å². The predicted molar refractivity (Wildman–Crippen MR) is 39.4 cm³/mol. The molecule has 0 bridgehead atoms. The van der Waals surface area contributed by atoms with Gasteiger partial charge < -0.3 is 10.6 Å². The zero-order chi connectivity index (χ0) is 7.56. The zero-order valence-corrected chi connectivity index (χ0v) is 6.11. The summed E-state index contributed by atoms with van der Waals surface area (Å²) in [5.41, 5.74) is 0.966. The Morgan fingerprint density at radius 3 is 3.00 bits per heavy atom. The lowest BCUT2D eigenvalue weighted by atomic mass is 10.2. The molecule has 1 amide bonds. The van der Waals surface area contributed by atoms with Crippen LogP contribution >= 0.6 is 0 Å². The maximum Gasteiger partial charge on any atom is 0.242 e. The van der Waals surface area contributed by atoms with Crippen molar-refractivity contribution in [3.63, 3.8) is 0 Å². The van der Waals surface area contributed by atoms with Crippen molar-refractivity contribution in [1.82, 2.24) is 10.6 Å². The van der Waals surface area contributed by atoms with Gasteiger partial charge in [-0.2, -0.15) is 0 Å². The molecule has 1 rings (SSSR count). The highest BCUT2D eigenvalue weighted by atomic mass is 16.2. The van der Waals surface area contributed by atoms with Gasteiger partial charge in [0.1, 0.15) is 6.04 Å². The normalized spacial score (nSPS) is 24.1. The molecular weight excluding hydrogens is 128 g/mol. The first-order valence-electron chi connectivity index (χ1n) is 3.40. The first-order chi connectivity index (χ1) is 4.74. The van der Waals surface area contributed by atoms with E-state index < -0.39 is 0 Å². The summed E-state index contributed by atoms with van der Waals surface area (Å²) in [4.78, 5) is 10.9. The number of amides is 1. The second kappa shape index (κ2) is 2.73. The number of rotatable bonds is 1. The minimum atomic E-state index is -0.0440. The molecule has 3 nitrogen and oxygen atoms in total. The number of carbonyl (C=O) groups excluding carboxylic acids is 1. The second-order valence-electron chi connectivity index (χ2n) is 2.45. The van der Waals surface area contributed by atoms with E-state index in [2.05, 4.69) is 17.2 Å². The largest absolute Gasteiger partial charge is 0.378 e. The predicted octanol–water partition coefficient (Wildman–Crippen LogP) is -0.00190. The molecule has 0 aromatic heterocycles. The van der Waals surface area contributed by atoms with Gasteiger partial charge in [-0.1, -0.05) is 6.58 Å². The van der Waals surface area contributed by atoms with Gasteiger partial charge >= 0.3 is 0 Å². The van der Waals surface area contributed by atoms with Crippen LogP contribution in [0.25, 0.3) is 0 Å². The number of nitrogens with one attached hydrogen (secondary N) is 2. The lowest BCUT2D eigenvalue weighted by Gasteiger charge is -2.07. The van der Waals surface area contributed by atoms with Crippen LogP contribution < -0.4 is 10.6 Å². The van der Waals surface area contributed by atoms with Gasteiger partial charge in [-0.3, -0.25) is 4.79 Å². The minimum Gasteiger partial charge on any atom is -0.378 e. The summed E-state index contributed by atoms with van der Waals surface area (Å²) in [6.45, 7) is 3.73. The Hall–Kier alpha value is -0.990. The van der Waals surface area contributed by atoms with Crippen LogP contribution in [0, 0.1) is 0 Å². The monoisotopic (exact) mass is 140 g/mol. The number of carbonyl (C=O) groups is 1. The fraction of sp³-hybridized carbons (Fsp3) is 0.571. The lowest BCUT2D eigenvalue weighted by molar-refractivity contribution is -0.122. The van der Waals surface area contributed by atoms with Crippen molar-refractivity contribution in [3.05, 3.63) is 12.3 Å². The Morgan fingerprint density at radius 2 is 2.60 bits per heavy atom. The summed E-state index contributed by atoms with van der Waals surface area (Å²) in [7, 11) is 1.64. The average Bonchev–Trinajstić information content (AvgIpc) is 2.34. The van der Waals surface area contributed by atoms with E-state index in [1.165, 1.54) is 0 Å². The van der Waals surface area contributed by atoms with Gasteiger partial charge in [0, 0.05) is 12.7 Å². The first-order valence-corrected chi connectivity index (χ1v) is 3.40. The number of hydrogen-bond donors (Lipinski definition) is 2. The third-order valence-electron chi connectivity index (χ3n) is 1.68. The Bertz CT molecular complexity index is 165. The van der Waals surface area contributed by atoms with Crippen LogP contribution in [0.3, 0.4) is 0 Å². The Kier molecular flexibility index (Phi) is 1.94. The van der Waals surface area contributed by atoms with Crippen molar-refractivity contribution in [2.45, 2.75) is 18.9 Å². The molecule has 1 aliphatic heterocycles. The van der Waals surface area contributed by atoms with Gasteiger partial charge in [0.2, 0.25) is 5.91 Å². The fourth-order valence-electron chi connectivity index (χ4n) is 1.08. The van der Waals surface area contributed by atoms with Crippen molar-refractivity contribution in [2.24, 2.45) is 0 Å². The fourth-order valence-corrected chi connectivity index (χ4v) is 1.08. The van der Waals surface area contributed by atoms with Gasteiger partial charge in [-0.25, -0.2) is 0 Å². The van der Waals surface area contributed by atoms with E-state index in [9.17, 15) is 4.79 Å². The van der Waals surface area contributed by atoms with Crippen molar-refractivity contribution in [2.75, 3.05) is 7.05 Å². The highest BCUT2D eigenvalue weighted by molar-refractivity contribution is 5.82. The maximum atomic E-state index is 10.9. The SMILES string of the molecule is C=C1CCC(C(=O)NC)N1. The van der Waals surface area contributed by atoms with Crippen LogP contribution in [0.2, 0.25) is 0 Å². The van der Waals surface area contributed by atoms with E-state index in [0.717, 1.165) is 18.5 Å². The summed E-state index contributed by atoms with van der Waals surface area (Å²) >= 11 is 0. The molecule has 0 radical (unpaired) electrons. The van der Waals surface area contributed by atoms with Crippen LogP contribution in [-0.4, -0.2) is 19.0 Å². The average molecular weight is 140 g/mol. The Balaban J connectivity index is 2.44. The maximum absolute atomic E-state index is 10.9. The van der Waals surface area contributed by atoms with Gasteiger partial charge in [0.25, 0.3) is 0 Å². The molecule has 0 aromatic rings. The number of hydrogen-bond acceptors (Lipinski definition) is 2. The molecule has 3 heteroatoms. The van der Waals surface area contributed by atoms with E-state index in [1.807, 2.05) is 0 Å². The summed E-state index contributed by atoms with van der Waals surface area (Å²) < 4.78 is 0. The van der Waals surface area contributed by atoms with E-state index in [1.54, 1.807) is 7.05 Å². The number of allylic oxidation sites excluding steroid dienone is 1. The summed E-state index contributed by atoms with van der Waals surface area (Å²) in [5, 5.41) is 5.58. The second-order valence-corrected chi connectivity index (χ2v) is 2.45. The molecule has 1 atom stereocenters. The third-order valence-corrected chi connectivity index (χ3v) is 1.68. The van der Waals surface area contributed by atoms with Crippen molar-refractivity contribution in [3.8, 4) is 0 Å². The van der Waals surface area contributed by atoms with Crippen LogP contribution in [-0.2, 0) is 4.79 Å². The molecule has 1 heterocycles. The van der Waals surface area contributed by atoms with Crippen LogP contribution in [0.1, 0.15) is 12.8 Å². The quantitative estimate of drug-likeness (QED) is 0.538. The molecule has 56 valence electrons. The van der Waals surface area contributed by atoms with Crippen LogP contribution in [0.4, 0.5) is 0 Å². The third kappa shape index (κ3) is 1.29. The molecule has 2 N–H and O–H groups in total. The smallest absolute Gasteiger partial charge is 0.242 e. The van der Waals surface area contributed by atoms with Gasteiger partial charge in [0.15, 0.2) is 0 Å². The summed E-state index contributed by atoms with van der Waals surface area (Å²) in [6.07, 6.45) is 1.79. The van der Waals surface area contributed by atoms with Gasteiger partial charge in [-0.05, 0) is 12.8 Å². The molecule has 1 unspecified atom stereocenters. The molecular formula is C7H12N2O. The Labute approximate surface area is 60.5 Å². The molecule has 1 aliphatic rings. The highest BCUT2D eigenvalue weighted by Gasteiger charge is 2.22. The molecule has 0 spiro atoms. The van der Waals surface area contributed by atoms with E-state index in [-0.39, 0.29) is 11.9 Å². The first kappa shape index (κ1) is 7.12. The van der Waals surface area contributed by atoms with Crippen molar-refractivity contribution < 1.29 is 4.79 Å². The van der Waals surface area contributed by atoms with Crippen molar-refractivity contribution >= 4 is 5.91 Å². The Morgan fingerprint density at radius 1 is 1.90 bits per heavy atom. The highest BCUT2D eigenvalue weighted by Crippen LogP contribution is 2.12. The molecule has 0 aliphatic carbocycles. The lowest BCUT2D eigenvalue weighted by Crippen LogP contribution is -2.37. The topological polar surface area (TPSA) is 41.1 Å². The standard InChI is InChI=1S/C7H12N2O/c1-5-3-4-6(9-5)7(10)8-2/h6,9H,1,3-4H2,2H3,(H,8,10). The number of likely N-dealkylation sites (N-methyl/N-ethyl adjacent to an activating group) is 1. The van der Waals surface area contributed by atoms with E-state index >= 15 is 0 Å². The van der Waals surface area contributed by atoms with Crippen LogP contribution in [0.5, 0.6) is 0 Å². The van der Waals surface area contributed by atoms with Crippen molar-refractivity contribution in [1.29, 1.82) is 0 Å². The zero-order valence-electron chi connectivity index (χ0n) is 6.11. The van der Waals surface area contributed by atoms with Crippen LogP contribution in [0.15, 0.2) is 12.3 Å².